The van der Waals surface area contributed by atoms with Crippen LogP contribution in [0.3, 0.4) is 0 Å². The van der Waals surface area contributed by atoms with Gasteiger partial charge in [0.2, 0.25) is 11.9 Å². The highest BCUT2D eigenvalue weighted by Crippen LogP contribution is 2.19. The molecule has 7 nitrogen and oxygen atoms in total. The Kier molecular flexibility index (Phi) is 3.79. The molecule has 8 heteroatoms. The minimum atomic E-state index is -0.0929. The molecule has 0 aromatic carbocycles. The first kappa shape index (κ1) is 13.3. The van der Waals surface area contributed by atoms with Gasteiger partial charge in [0, 0.05) is 6.42 Å². The number of nitrogens with zero attached hydrogens (tertiary/aromatic N) is 3. The van der Waals surface area contributed by atoms with E-state index in [1.54, 1.807) is 0 Å². The van der Waals surface area contributed by atoms with Crippen molar-refractivity contribution in [1.29, 1.82) is 0 Å². The Morgan fingerprint density at radius 3 is 3.20 bits per heavy atom. The van der Waals surface area contributed by atoms with Crippen LogP contribution in [0.2, 0.25) is 5.15 Å². The Hall–Kier alpha value is -1.73. The molecule has 0 saturated carbocycles. The van der Waals surface area contributed by atoms with E-state index in [0.717, 1.165) is 25.9 Å². The summed E-state index contributed by atoms with van der Waals surface area (Å²) in [7, 11) is 0. The molecule has 1 aliphatic rings. The second-order valence-electron chi connectivity index (χ2n) is 4.90. The monoisotopic (exact) mass is 294 g/mol. The number of carbonyl (C=O) groups is 1. The fraction of sp³-hybridized carbons (Fsp3) is 0.500. The third-order valence-corrected chi connectivity index (χ3v) is 3.64. The molecule has 106 valence electrons. The number of rotatable bonds is 3. The number of H-pyrrole nitrogens is 1. The van der Waals surface area contributed by atoms with Crippen LogP contribution in [0.4, 0.5) is 5.95 Å². The molecule has 20 heavy (non-hydrogen) atoms. The summed E-state index contributed by atoms with van der Waals surface area (Å²) in [5.74, 6) is 0.473. The minimum Gasteiger partial charge on any atom is -0.341 e. The van der Waals surface area contributed by atoms with Crippen LogP contribution in [0.5, 0.6) is 0 Å². The SMILES string of the molecule is O=C(CC1CCCNC1)Nc1nc(Cl)c2[nH]cnc2n1. The lowest BCUT2D eigenvalue weighted by molar-refractivity contribution is -0.117. The van der Waals surface area contributed by atoms with E-state index in [9.17, 15) is 4.79 Å². The van der Waals surface area contributed by atoms with E-state index >= 15 is 0 Å². The third-order valence-electron chi connectivity index (χ3n) is 3.37. The van der Waals surface area contributed by atoms with Crippen molar-refractivity contribution in [2.24, 2.45) is 5.92 Å². The Morgan fingerprint density at radius 2 is 2.40 bits per heavy atom. The van der Waals surface area contributed by atoms with Crippen molar-refractivity contribution in [2.45, 2.75) is 19.3 Å². The molecule has 1 atom stereocenters. The fourth-order valence-corrected chi connectivity index (χ4v) is 2.61. The number of aromatic nitrogens is 4. The minimum absolute atomic E-state index is 0.0929. The van der Waals surface area contributed by atoms with Gasteiger partial charge < -0.3 is 10.3 Å². The summed E-state index contributed by atoms with van der Waals surface area (Å²) < 4.78 is 0. The zero-order chi connectivity index (χ0) is 13.9. The maximum absolute atomic E-state index is 12.0. The molecular weight excluding hydrogens is 280 g/mol. The van der Waals surface area contributed by atoms with Gasteiger partial charge in [-0.25, -0.2) is 4.98 Å². The summed E-state index contributed by atoms with van der Waals surface area (Å²) in [4.78, 5) is 27.0. The van der Waals surface area contributed by atoms with Crippen molar-refractivity contribution in [1.82, 2.24) is 25.3 Å². The summed E-state index contributed by atoms with van der Waals surface area (Å²) in [5, 5.41) is 6.22. The van der Waals surface area contributed by atoms with Crippen LogP contribution >= 0.6 is 11.6 Å². The molecule has 1 fully saturated rings. The summed E-state index contributed by atoms with van der Waals surface area (Å²) in [6, 6.07) is 0. The quantitative estimate of drug-likeness (QED) is 0.742. The number of imidazole rings is 1. The Balaban J connectivity index is 1.67. The van der Waals surface area contributed by atoms with Gasteiger partial charge in [-0.2, -0.15) is 9.97 Å². The number of halogens is 1. The Bertz CT molecular complexity index is 621. The van der Waals surface area contributed by atoms with Crippen LogP contribution in [0.1, 0.15) is 19.3 Å². The number of fused-ring (bicyclic) bond motifs is 1. The van der Waals surface area contributed by atoms with Gasteiger partial charge in [0.25, 0.3) is 0 Å². The van der Waals surface area contributed by atoms with Crippen LogP contribution in [0.25, 0.3) is 11.2 Å². The highest BCUT2D eigenvalue weighted by atomic mass is 35.5. The lowest BCUT2D eigenvalue weighted by Gasteiger charge is -2.21. The van der Waals surface area contributed by atoms with Gasteiger partial charge >= 0.3 is 0 Å². The van der Waals surface area contributed by atoms with E-state index in [4.69, 9.17) is 11.6 Å². The first-order chi connectivity index (χ1) is 9.72. The molecule has 0 aliphatic carbocycles. The van der Waals surface area contributed by atoms with Crippen molar-refractivity contribution >= 4 is 34.6 Å². The zero-order valence-corrected chi connectivity index (χ0v) is 11.6. The smallest absolute Gasteiger partial charge is 0.233 e. The number of nitrogens with one attached hydrogen (secondary N) is 3. The van der Waals surface area contributed by atoms with E-state index in [1.165, 1.54) is 6.33 Å². The molecule has 1 amide bonds. The standard InChI is InChI=1S/C12H15ClN6O/c13-10-9-11(16-6-15-9)19-12(18-10)17-8(20)4-7-2-1-3-14-5-7/h6-7,14H,1-5H2,(H2,15,16,17,18,19,20). The molecule has 0 bridgehead atoms. The molecule has 3 rings (SSSR count). The van der Waals surface area contributed by atoms with Crippen LogP contribution < -0.4 is 10.6 Å². The number of carbonyl (C=O) groups excluding carboxylic acids is 1. The molecule has 3 N–H and O–H groups in total. The largest absolute Gasteiger partial charge is 0.341 e. The van der Waals surface area contributed by atoms with E-state index in [2.05, 4.69) is 30.6 Å². The molecule has 3 heterocycles. The van der Waals surface area contributed by atoms with Crippen LogP contribution in [0, 0.1) is 5.92 Å². The van der Waals surface area contributed by atoms with Crippen LogP contribution in [-0.2, 0) is 4.79 Å². The molecule has 1 aliphatic heterocycles. The van der Waals surface area contributed by atoms with E-state index < -0.39 is 0 Å². The average Bonchev–Trinajstić information content (AvgIpc) is 2.88. The second kappa shape index (κ2) is 5.72. The van der Waals surface area contributed by atoms with Crippen molar-refractivity contribution in [3.8, 4) is 0 Å². The summed E-state index contributed by atoms with van der Waals surface area (Å²) in [6.07, 6.45) is 4.14. The number of amides is 1. The molecule has 0 radical (unpaired) electrons. The van der Waals surface area contributed by atoms with Gasteiger partial charge in [-0.1, -0.05) is 11.6 Å². The Labute approximate surface area is 120 Å². The topological polar surface area (TPSA) is 95.6 Å². The first-order valence-electron chi connectivity index (χ1n) is 6.59. The lowest BCUT2D eigenvalue weighted by Crippen LogP contribution is -2.32. The van der Waals surface area contributed by atoms with Crippen molar-refractivity contribution in [3.63, 3.8) is 0 Å². The molecule has 1 unspecified atom stereocenters. The number of hydrogen-bond acceptors (Lipinski definition) is 5. The predicted molar refractivity (Wildman–Crippen MR) is 75.5 cm³/mol. The van der Waals surface area contributed by atoms with E-state index in [-0.39, 0.29) is 17.0 Å². The predicted octanol–water partition coefficient (Wildman–Crippen LogP) is 1.33. The summed E-state index contributed by atoms with van der Waals surface area (Å²) in [5.41, 5.74) is 1.01. The van der Waals surface area contributed by atoms with Gasteiger partial charge in [0.15, 0.2) is 10.8 Å². The van der Waals surface area contributed by atoms with Crippen LogP contribution in [0.15, 0.2) is 6.33 Å². The number of hydrogen-bond donors (Lipinski definition) is 3. The zero-order valence-electron chi connectivity index (χ0n) is 10.8. The summed E-state index contributed by atoms with van der Waals surface area (Å²) >= 11 is 6.00. The third kappa shape index (κ3) is 2.88. The van der Waals surface area contributed by atoms with Gasteiger partial charge in [-0.05, 0) is 31.8 Å². The average molecular weight is 295 g/mol. The van der Waals surface area contributed by atoms with Crippen molar-refractivity contribution < 1.29 is 4.79 Å². The molecule has 2 aromatic rings. The van der Waals surface area contributed by atoms with Crippen LogP contribution in [-0.4, -0.2) is 38.9 Å². The van der Waals surface area contributed by atoms with Crippen molar-refractivity contribution in [2.75, 3.05) is 18.4 Å². The van der Waals surface area contributed by atoms with E-state index in [0.29, 0.717) is 23.5 Å². The maximum atomic E-state index is 12.0. The summed E-state index contributed by atoms with van der Waals surface area (Å²) in [6.45, 7) is 1.92. The first-order valence-corrected chi connectivity index (χ1v) is 6.97. The highest BCUT2D eigenvalue weighted by molar-refractivity contribution is 6.33. The maximum Gasteiger partial charge on any atom is 0.233 e. The number of piperidine rings is 1. The van der Waals surface area contributed by atoms with Gasteiger partial charge in [0.1, 0.15) is 5.52 Å². The molecule has 2 aromatic heterocycles. The van der Waals surface area contributed by atoms with Crippen molar-refractivity contribution in [3.05, 3.63) is 11.5 Å². The Morgan fingerprint density at radius 1 is 1.50 bits per heavy atom. The van der Waals surface area contributed by atoms with Gasteiger partial charge in [-0.15, -0.1) is 0 Å². The number of anilines is 1. The number of aromatic amines is 1. The molecular formula is C12H15ClN6O. The normalized spacial score (nSPS) is 19.1. The highest BCUT2D eigenvalue weighted by Gasteiger charge is 2.18. The second-order valence-corrected chi connectivity index (χ2v) is 5.26. The molecule has 1 saturated heterocycles. The lowest BCUT2D eigenvalue weighted by atomic mass is 9.96. The fourth-order valence-electron chi connectivity index (χ4n) is 2.39. The molecule has 0 spiro atoms. The van der Waals surface area contributed by atoms with Gasteiger partial charge in [-0.3, -0.25) is 10.1 Å². The van der Waals surface area contributed by atoms with Gasteiger partial charge in [0.05, 0.1) is 6.33 Å². The van der Waals surface area contributed by atoms with E-state index in [1.807, 2.05) is 0 Å².